The summed E-state index contributed by atoms with van der Waals surface area (Å²) in [5, 5.41) is 2.88. The average Bonchev–Trinajstić information content (AvgIpc) is 2.33. The molecular formula is C12H11ClFN3O. The molecule has 0 aliphatic carbocycles. The van der Waals surface area contributed by atoms with E-state index in [4.69, 9.17) is 11.6 Å². The minimum atomic E-state index is -0.494. The maximum atomic E-state index is 13.0. The summed E-state index contributed by atoms with van der Waals surface area (Å²) in [4.78, 5) is 18.1. The van der Waals surface area contributed by atoms with Crippen molar-refractivity contribution in [3.63, 3.8) is 0 Å². The quantitative estimate of drug-likeness (QED) is 0.899. The molecule has 2 aromatic rings. The topological polar surface area (TPSA) is 57.8 Å². The van der Waals surface area contributed by atoms with Crippen LogP contribution in [-0.4, -0.2) is 9.97 Å². The second-order valence-electron chi connectivity index (χ2n) is 3.69. The summed E-state index contributed by atoms with van der Waals surface area (Å²) in [6, 6.07) is 5.62. The van der Waals surface area contributed by atoms with Crippen molar-refractivity contribution >= 4 is 23.2 Å². The summed E-state index contributed by atoms with van der Waals surface area (Å²) >= 11 is 5.66. The Morgan fingerprint density at radius 1 is 1.44 bits per heavy atom. The van der Waals surface area contributed by atoms with Crippen LogP contribution in [0.1, 0.15) is 12.6 Å². The molecule has 1 heterocycles. The van der Waals surface area contributed by atoms with Gasteiger partial charge < -0.3 is 5.32 Å². The zero-order chi connectivity index (χ0) is 13.1. The number of H-pyrrole nitrogens is 1. The van der Waals surface area contributed by atoms with Gasteiger partial charge in [0.05, 0.1) is 5.02 Å². The van der Waals surface area contributed by atoms with Crippen molar-refractivity contribution in [1.29, 1.82) is 0 Å². The van der Waals surface area contributed by atoms with Crippen LogP contribution in [0.4, 0.5) is 16.0 Å². The van der Waals surface area contributed by atoms with Crippen LogP contribution in [0.3, 0.4) is 0 Å². The van der Waals surface area contributed by atoms with E-state index < -0.39 is 5.82 Å². The number of aromatic amines is 1. The fourth-order valence-electron chi connectivity index (χ4n) is 1.46. The van der Waals surface area contributed by atoms with Crippen molar-refractivity contribution in [2.75, 3.05) is 5.32 Å². The minimum absolute atomic E-state index is 0.00833. The summed E-state index contributed by atoms with van der Waals surface area (Å²) in [7, 11) is 0. The third-order valence-corrected chi connectivity index (χ3v) is 2.63. The predicted molar refractivity (Wildman–Crippen MR) is 68.9 cm³/mol. The lowest BCUT2D eigenvalue weighted by molar-refractivity contribution is 0.628. The first kappa shape index (κ1) is 12.6. The lowest BCUT2D eigenvalue weighted by Crippen LogP contribution is -2.11. The maximum Gasteiger partial charge on any atom is 0.252 e. The first-order valence-electron chi connectivity index (χ1n) is 5.41. The van der Waals surface area contributed by atoms with Gasteiger partial charge in [0.1, 0.15) is 5.82 Å². The summed E-state index contributed by atoms with van der Waals surface area (Å²) < 4.78 is 13.0. The second kappa shape index (κ2) is 5.18. The van der Waals surface area contributed by atoms with Gasteiger partial charge in [-0.3, -0.25) is 9.78 Å². The Hall–Kier alpha value is -1.88. The van der Waals surface area contributed by atoms with Crippen molar-refractivity contribution in [3.8, 4) is 0 Å². The van der Waals surface area contributed by atoms with Crippen LogP contribution in [-0.2, 0) is 6.42 Å². The molecule has 0 saturated heterocycles. The third kappa shape index (κ3) is 2.87. The Labute approximate surface area is 108 Å². The van der Waals surface area contributed by atoms with Crippen LogP contribution in [0.25, 0.3) is 0 Å². The van der Waals surface area contributed by atoms with Crippen molar-refractivity contribution in [3.05, 3.63) is 51.2 Å². The van der Waals surface area contributed by atoms with Gasteiger partial charge in [-0.25, -0.2) is 9.37 Å². The molecule has 0 aliphatic heterocycles. The first-order chi connectivity index (χ1) is 8.58. The van der Waals surface area contributed by atoms with Gasteiger partial charge in [0.25, 0.3) is 5.56 Å². The van der Waals surface area contributed by atoms with Gasteiger partial charge in [-0.15, -0.1) is 0 Å². The summed E-state index contributed by atoms with van der Waals surface area (Å²) in [5.74, 6) is -0.187. The molecule has 0 amide bonds. The van der Waals surface area contributed by atoms with E-state index in [-0.39, 0.29) is 10.6 Å². The number of aryl methyl sites for hydroxylation is 1. The van der Waals surface area contributed by atoms with Gasteiger partial charge in [-0.2, -0.15) is 0 Å². The number of nitrogens with one attached hydrogen (secondary N) is 2. The van der Waals surface area contributed by atoms with Crippen LogP contribution in [0.5, 0.6) is 0 Å². The Morgan fingerprint density at radius 2 is 2.22 bits per heavy atom. The highest BCUT2D eigenvalue weighted by atomic mass is 35.5. The predicted octanol–water partition coefficient (Wildman–Crippen LogP) is 2.87. The van der Waals surface area contributed by atoms with Gasteiger partial charge in [-0.1, -0.05) is 18.5 Å². The molecule has 0 radical (unpaired) electrons. The monoisotopic (exact) mass is 267 g/mol. The summed E-state index contributed by atoms with van der Waals surface area (Å²) in [5.41, 5.74) is 0.991. The van der Waals surface area contributed by atoms with Crippen molar-refractivity contribution in [1.82, 2.24) is 9.97 Å². The van der Waals surface area contributed by atoms with E-state index in [0.717, 1.165) is 0 Å². The Bertz CT molecular complexity index is 627. The van der Waals surface area contributed by atoms with Crippen LogP contribution in [0.2, 0.25) is 5.02 Å². The largest absolute Gasteiger partial charge is 0.326 e. The van der Waals surface area contributed by atoms with Crippen LogP contribution >= 0.6 is 11.6 Å². The molecule has 0 atom stereocenters. The van der Waals surface area contributed by atoms with Crippen LogP contribution in [0.15, 0.2) is 29.1 Å². The number of hydrogen-bond donors (Lipinski definition) is 2. The molecule has 6 heteroatoms. The number of halogens is 2. The van der Waals surface area contributed by atoms with Crippen LogP contribution in [0, 0.1) is 5.82 Å². The number of anilines is 2. The van der Waals surface area contributed by atoms with E-state index in [2.05, 4.69) is 15.3 Å². The van der Waals surface area contributed by atoms with Crippen LogP contribution < -0.4 is 10.9 Å². The van der Waals surface area contributed by atoms with Gasteiger partial charge in [0.2, 0.25) is 5.95 Å². The van der Waals surface area contributed by atoms with Crippen molar-refractivity contribution in [2.24, 2.45) is 0 Å². The molecule has 1 aromatic heterocycles. The smallest absolute Gasteiger partial charge is 0.252 e. The number of aromatic nitrogens is 2. The Balaban J connectivity index is 2.30. The van der Waals surface area contributed by atoms with Crippen molar-refractivity contribution < 1.29 is 4.39 Å². The van der Waals surface area contributed by atoms with E-state index in [9.17, 15) is 9.18 Å². The SMILES string of the molecule is CCc1cc(=O)[nH]c(Nc2ccc(F)c(Cl)c2)n1. The van der Waals surface area contributed by atoms with Gasteiger partial charge in [-0.05, 0) is 24.6 Å². The van der Waals surface area contributed by atoms with E-state index in [1.54, 1.807) is 0 Å². The fraction of sp³-hybridized carbons (Fsp3) is 0.167. The highest BCUT2D eigenvalue weighted by Crippen LogP contribution is 2.21. The Morgan fingerprint density at radius 3 is 2.89 bits per heavy atom. The van der Waals surface area contributed by atoms with Crippen molar-refractivity contribution in [2.45, 2.75) is 13.3 Å². The highest BCUT2D eigenvalue weighted by Gasteiger charge is 2.03. The lowest BCUT2D eigenvalue weighted by atomic mass is 10.3. The van der Waals surface area contributed by atoms with E-state index in [1.807, 2.05) is 6.92 Å². The molecule has 2 N–H and O–H groups in total. The second-order valence-corrected chi connectivity index (χ2v) is 4.10. The number of nitrogens with zero attached hydrogens (tertiary/aromatic N) is 1. The molecule has 0 saturated carbocycles. The molecule has 94 valence electrons. The molecule has 0 unspecified atom stereocenters. The minimum Gasteiger partial charge on any atom is -0.326 e. The van der Waals surface area contributed by atoms with Gasteiger partial charge in [0, 0.05) is 17.4 Å². The van der Waals surface area contributed by atoms with Gasteiger partial charge >= 0.3 is 0 Å². The van der Waals surface area contributed by atoms with E-state index >= 15 is 0 Å². The zero-order valence-electron chi connectivity index (χ0n) is 9.63. The van der Waals surface area contributed by atoms with Gasteiger partial charge in [0.15, 0.2) is 0 Å². The zero-order valence-corrected chi connectivity index (χ0v) is 10.4. The molecule has 2 rings (SSSR count). The number of benzene rings is 1. The van der Waals surface area contributed by atoms with E-state index in [1.165, 1.54) is 24.3 Å². The first-order valence-corrected chi connectivity index (χ1v) is 5.78. The summed E-state index contributed by atoms with van der Waals surface area (Å²) in [6.07, 6.45) is 0.656. The molecule has 0 bridgehead atoms. The average molecular weight is 268 g/mol. The molecule has 0 spiro atoms. The standard InChI is InChI=1S/C12H11ClFN3O/c1-2-7-6-11(18)17-12(15-7)16-8-3-4-10(14)9(13)5-8/h3-6H,2H2,1H3,(H2,15,16,17,18). The number of hydrogen-bond acceptors (Lipinski definition) is 3. The third-order valence-electron chi connectivity index (χ3n) is 2.34. The number of rotatable bonds is 3. The molecule has 4 nitrogen and oxygen atoms in total. The molecule has 1 aromatic carbocycles. The molecule has 0 aliphatic rings. The molecular weight excluding hydrogens is 257 g/mol. The maximum absolute atomic E-state index is 13.0. The van der Waals surface area contributed by atoms with E-state index in [0.29, 0.717) is 23.8 Å². The molecule has 18 heavy (non-hydrogen) atoms. The summed E-state index contributed by atoms with van der Waals surface area (Å²) in [6.45, 7) is 1.90. The molecule has 0 fully saturated rings. The highest BCUT2D eigenvalue weighted by molar-refractivity contribution is 6.31. The fourth-order valence-corrected chi connectivity index (χ4v) is 1.64. The normalized spacial score (nSPS) is 10.4. The Kier molecular flexibility index (Phi) is 3.62. The lowest BCUT2D eigenvalue weighted by Gasteiger charge is -2.07.